The van der Waals surface area contributed by atoms with Crippen LogP contribution in [-0.2, 0) is 0 Å². The number of halogens is 2. The number of allylic oxidation sites excluding steroid dienone is 4. The van der Waals surface area contributed by atoms with Gasteiger partial charge in [0.05, 0.1) is 0 Å². The number of hydrogen-bond acceptors (Lipinski definition) is 0. The van der Waals surface area contributed by atoms with Gasteiger partial charge in [-0.3, -0.25) is 0 Å². The average Bonchev–Trinajstić information content (AvgIpc) is 1.87. The maximum absolute atomic E-state index is 3.38. The molecule has 0 aliphatic heterocycles. The van der Waals surface area contributed by atoms with Gasteiger partial charge in [0, 0.05) is 3.58 Å². The van der Waals surface area contributed by atoms with Crippen molar-refractivity contribution in [3.05, 3.63) is 20.2 Å². The van der Waals surface area contributed by atoms with E-state index >= 15 is 0 Å². The van der Waals surface area contributed by atoms with Crippen molar-refractivity contribution >= 4 is 38.5 Å². The molecule has 0 spiro atoms. The van der Waals surface area contributed by atoms with E-state index in [1.165, 1.54) is 8.06 Å². The van der Waals surface area contributed by atoms with Gasteiger partial charge < -0.3 is 0 Å². The second-order valence-corrected chi connectivity index (χ2v) is 3.65. The average molecular weight is 271 g/mol. The molecule has 1 rings (SSSR count). The van der Waals surface area contributed by atoms with Crippen molar-refractivity contribution in [3.63, 3.8) is 0 Å². The molecule has 0 aromatic rings. The van der Waals surface area contributed by atoms with E-state index in [2.05, 4.69) is 50.7 Å². The highest BCUT2D eigenvalue weighted by molar-refractivity contribution is 14.1. The topological polar surface area (TPSA) is 0 Å². The van der Waals surface area contributed by atoms with E-state index in [1.807, 2.05) is 0 Å². The fourth-order valence-corrected chi connectivity index (χ4v) is 1.90. The molecule has 0 atom stereocenters. The molecule has 0 fully saturated rings. The van der Waals surface area contributed by atoms with Gasteiger partial charge in [-0.2, -0.15) is 0 Å². The number of hydrogen-bond donors (Lipinski definition) is 0. The maximum atomic E-state index is 3.38. The molecule has 0 aromatic carbocycles. The highest BCUT2D eigenvalue weighted by Crippen LogP contribution is 2.25. The molecule has 7 heavy (non-hydrogen) atoms. The van der Waals surface area contributed by atoms with E-state index in [9.17, 15) is 0 Å². The van der Waals surface area contributed by atoms with E-state index in [-0.39, 0.29) is 0 Å². The molecule has 0 saturated heterocycles. The Morgan fingerprint density at radius 2 is 2.43 bits per heavy atom. The van der Waals surface area contributed by atoms with Crippen LogP contribution in [0.4, 0.5) is 0 Å². The summed E-state index contributed by atoms with van der Waals surface area (Å²) in [6.07, 6.45) is 5.39. The fraction of sp³-hybridized carbons (Fsp3) is 0.200. The molecule has 0 heterocycles. The molecule has 38 valence electrons. The third-order valence-electron chi connectivity index (χ3n) is 0.787. The van der Waals surface area contributed by atoms with E-state index in [0.29, 0.717) is 0 Å². The van der Waals surface area contributed by atoms with Gasteiger partial charge in [-0.1, -0.05) is 22.0 Å². The zero-order chi connectivity index (χ0) is 5.28. The van der Waals surface area contributed by atoms with Crippen LogP contribution in [0.3, 0.4) is 0 Å². The van der Waals surface area contributed by atoms with Crippen molar-refractivity contribution in [1.29, 1.82) is 0 Å². The molecule has 0 amide bonds. The quantitative estimate of drug-likeness (QED) is 0.594. The molecule has 1 aliphatic rings. The summed E-state index contributed by atoms with van der Waals surface area (Å²) in [5, 5.41) is 0. The zero-order valence-corrected chi connectivity index (χ0v) is 7.36. The molecular formula is C5H4BrI. The van der Waals surface area contributed by atoms with Crippen LogP contribution in [-0.4, -0.2) is 0 Å². The number of rotatable bonds is 0. The molecule has 2 heteroatoms. The normalized spacial score (nSPS) is 19.1. The van der Waals surface area contributed by atoms with Crippen LogP contribution >= 0.6 is 38.5 Å². The van der Waals surface area contributed by atoms with Crippen molar-refractivity contribution in [2.24, 2.45) is 0 Å². The summed E-state index contributed by atoms with van der Waals surface area (Å²) in [6, 6.07) is 0. The fourth-order valence-electron chi connectivity index (χ4n) is 0.462. The lowest BCUT2D eigenvalue weighted by atomic mass is 10.5. The first kappa shape index (κ1) is 5.82. The lowest BCUT2D eigenvalue weighted by molar-refractivity contribution is 1.43. The van der Waals surface area contributed by atoms with Gasteiger partial charge in [0.25, 0.3) is 0 Å². The smallest absolute Gasteiger partial charge is 0.0102 e. The van der Waals surface area contributed by atoms with E-state index in [1.54, 1.807) is 0 Å². The summed E-state index contributed by atoms with van der Waals surface area (Å²) in [5.41, 5.74) is 0. The Morgan fingerprint density at radius 1 is 1.71 bits per heavy atom. The summed E-state index contributed by atoms with van der Waals surface area (Å²) < 4.78 is 2.63. The Balaban J connectivity index is 2.69. The van der Waals surface area contributed by atoms with Gasteiger partial charge in [-0.15, -0.1) is 0 Å². The summed E-state index contributed by atoms with van der Waals surface area (Å²) in [5.74, 6) is 0. The van der Waals surface area contributed by atoms with Crippen LogP contribution in [0.15, 0.2) is 20.2 Å². The summed E-state index contributed by atoms with van der Waals surface area (Å²) in [6.45, 7) is 0. The minimum absolute atomic E-state index is 1.08. The monoisotopic (exact) mass is 270 g/mol. The summed E-state index contributed by atoms with van der Waals surface area (Å²) in [7, 11) is 0. The molecule has 0 bridgehead atoms. The Kier molecular flexibility index (Phi) is 1.92. The van der Waals surface area contributed by atoms with Crippen molar-refractivity contribution in [2.45, 2.75) is 6.42 Å². The SMILES string of the molecule is BrC1=CC(I)=CC1. The molecule has 0 N–H and O–H groups in total. The van der Waals surface area contributed by atoms with Gasteiger partial charge in [0.15, 0.2) is 0 Å². The van der Waals surface area contributed by atoms with Gasteiger partial charge in [-0.25, -0.2) is 0 Å². The van der Waals surface area contributed by atoms with E-state index in [0.717, 1.165) is 6.42 Å². The van der Waals surface area contributed by atoms with Crippen LogP contribution < -0.4 is 0 Å². The van der Waals surface area contributed by atoms with Gasteiger partial charge in [-0.05, 0) is 39.6 Å². The molecule has 0 aromatic heterocycles. The predicted molar refractivity (Wildman–Crippen MR) is 43.7 cm³/mol. The Bertz CT molecular complexity index is 135. The Hall–Kier alpha value is 0.690. The van der Waals surface area contributed by atoms with Crippen LogP contribution in [0.25, 0.3) is 0 Å². The van der Waals surface area contributed by atoms with Crippen LogP contribution in [0.5, 0.6) is 0 Å². The minimum atomic E-state index is 1.08. The van der Waals surface area contributed by atoms with Gasteiger partial charge >= 0.3 is 0 Å². The lowest BCUT2D eigenvalue weighted by Gasteiger charge is -1.76. The second kappa shape index (κ2) is 2.31. The van der Waals surface area contributed by atoms with Crippen molar-refractivity contribution in [2.75, 3.05) is 0 Å². The molecule has 0 unspecified atom stereocenters. The lowest BCUT2D eigenvalue weighted by Crippen LogP contribution is -1.51. The first-order valence-electron chi connectivity index (χ1n) is 2.01. The third kappa shape index (κ3) is 1.57. The third-order valence-corrected chi connectivity index (χ3v) is 2.09. The summed E-state index contributed by atoms with van der Waals surface area (Å²) >= 11 is 5.68. The van der Waals surface area contributed by atoms with Gasteiger partial charge in [0.2, 0.25) is 0 Å². The highest BCUT2D eigenvalue weighted by Gasteiger charge is 1.97. The molecule has 0 radical (unpaired) electrons. The summed E-state index contributed by atoms with van der Waals surface area (Å²) in [4.78, 5) is 0. The highest BCUT2D eigenvalue weighted by atomic mass is 127. The predicted octanol–water partition coefficient (Wildman–Crippen LogP) is 2.99. The molecule has 0 nitrogen and oxygen atoms in total. The molecular weight excluding hydrogens is 267 g/mol. The largest absolute Gasteiger partial charge is 0.0662 e. The first-order valence-corrected chi connectivity index (χ1v) is 3.88. The van der Waals surface area contributed by atoms with Crippen LogP contribution in [0, 0.1) is 0 Å². The Labute approximate surface area is 64.9 Å². The van der Waals surface area contributed by atoms with Crippen molar-refractivity contribution in [1.82, 2.24) is 0 Å². The maximum Gasteiger partial charge on any atom is 0.0102 e. The second-order valence-electron chi connectivity index (χ2n) is 1.38. The van der Waals surface area contributed by atoms with Crippen molar-refractivity contribution < 1.29 is 0 Å². The molecule has 0 saturated carbocycles. The van der Waals surface area contributed by atoms with Crippen molar-refractivity contribution in [3.8, 4) is 0 Å². The van der Waals surface area contributed by atoms with Gasteiger partial charge in [0.1, 0.15) is 0 Å². The minimum Gasteiger partial charge on any atom is -0.0662 e. The standard InChI is InChI=1S/C5H4BrI/c6-4-1-2-5(7)3-4/h2-3H,1H2. The zero-order valence-electron chi connectivity index (χ0n) is 3.62. The van der Waals surface area contributed by atoms with Crippen LogP contribution in [0.1, 0.15) is 6.42 Å². The molecule has 1 aliphatic carbocycles. The van der Waals surface area contributed by atoms with E-state index < -0.39 is 0 Å². The first-order chi connectivity index (χ1) is 3.29. The Morgan fingerprint density at radius 3 is 2.57 bits per heavy atom. The van der Waals surface area contributed by atoms with E-state index in [4.69, 9.17) is 0 Å². The van der Waals surface area contributed by atoms with Crippen LogP contribution in [0.2, 0.25) is 0 Å².